The molecule has 0 aliphatic carbocycles. The zero-order valence-corrected chi connectivity index (χ0v) is 14.8. The van der Waals surface area contributed by atoms with E-state index in [1.54, 1.807) is 18.2 Å². The number of aliphatic hydroxyl groups is 1. The van der Waals surface area contributed by atoms with Crippen LogP contribution in [0, 0.1) is 0 Å². The maximum atomic E-state index is 12.7. The number of nitrogens with one attached hydrogen (secondary N) is 1. The van der Waals surface area contributed by atoms with Crippen LogP contribution < -0.4 is 5.32 Å². The maximum absolute atomic E-state index is 12.7. The van der Waals surface area contributed by atoms with Gasteiger partial charge in [-0.1, -0.05) is 15.9 Å². The number of rotatable bonds is 5. The second-order valence-corrected chi connectivity index (χ2v) is 6.24. The van der Waals surface area contributed by atoms with Crippen LogP contribution >= 0.6 is 15.9 Å². The fourth-order valence-electron chi connectivity index (χ4n) is 2.24. The van der Waals surface area contributed by atoms with Crippen LogP contribution in [0.15, 0.2) is 46.9 Å². The predicted octanol–water partition coefficient (Wildman–Crippen LogP) is 3.86. The molecule has 1 aromatic heterocycles. The number of benzene rings is 2. The Bertz CT molecular complexity index is 896. The molecule has 0 aliphatic rings. The lowest BCUT2D eigenvalue weighted by Crippen LogP contribution is -2.05. The first-order valence-corrected chi connectivity index (χ1v) is 8.29. The Morgan fingerprint density at radius 1 is 1.12 bits per heavy atom. The molecule has 1 heterocycles. The molecule has 0 amide bonds. The van der Waals surface area contributed by atoms with Gasteiger partial charge in [0.25, 0.3) is 0 Å². The molecule has 3 rings (SSSR count). The standard InChI is InChI=1S/C16H13BrF3N5O/c17-11-3-6-14(13(9-11)15-22-24-25(23-15)7-8-26)21-12-4-1-10(2-5-12)16(18,19)20/h1-6,9,21,26H,7-8H2. The van der Waals surface area contributed by atoms with E-state index < -0.39 is 11.7 Å². The number of anilines is 2. The van der Waals surface area contributed by atoms with Gasteiger partial charge >= 0.3 is 6.18 Å². The fourth-order valence-corrected chi connectivity index (χ4v) is 2.60. The fraction of sp³-hybridized carbons (Fsp3) is 0.188. The summed E-state index contributed by atoms with van der Waals surface area (Å²) in [5.74, 6) is 0.328. The maximum Gasteiger partial charge on any atom is 0.416 e. The van der Waals surface area contributed by atoms with Crippen molar-refractivity contribution in [2.45, 2.75) is 12.7 Å². The molecule has 136 valence electrons. The Balaban J connectivity index is 1.90. The zero-order chi connectivity index (χ0) is 18.7. The summed E-state index contributed by atoms with van der Waals surface area (Å²) >= 11 is 3.37. The first-order chi connectivity index (χ1) is 12.4. The van der Waals surface area contributed by atoms with E-state index in [9.17, 15) is 13.2 Å². The van der Waals surface area contributed by atoms with Crippen LogP contribution in [0.1, 0.15) is 5.56 Å². The summed E-state index contributed by atoms with van der Waals surface area (Å²) in [4.78, 5) is 1.26. The summed E-state index contributed by atoms with van der Waals surface area (Å²) in [5, 5.41) is 24.0. The van der Waals surface area contributed by atoms with Gasteiger partial charge in [-0.3, -0.25) is 0 Å². The van der Waals surface area contributed by atoms with Crippen molar-refractivity contribution in [1.29, 1.82) is 0 Å². The van der Waals surface area contributed by atoms with Crippen molar-refractivity contribution < 1.29 is 18.3 Å². The summed E-state index contributed by atoms with van der Waals surface area (Å²) in [6.45, 7) is 0.0909. The Labute approximate surface area is 154 Å². The van der Waals surface area contributed by atoms with Crippen molar-refractivity contribution in [2.75, 3.05) is 11.9 Å². The summed E-state index contributed by atoms with van der Waals surface area (Å²) < 4.78 is 38.8. The Hall–Kier alpha value is -2.46. The first kappa shape index (κ1) is 18.3. The van der Waals surface area contributed by atoms with Crippen LogP contribution in [0.4, 0.5) is 24.5 Å². The van der Waals surface area contributed by atoms with Gasteiger partial charge in [0.05, 0.1) is 18.7 Å². The predicted molar refractivity (Wildman–Crippen MR) is 92.8 cm³/mol. The van der Waals surface area contributed by atoms with Crippen LogP contribution in [0.2, 0.25) is 0 Å². The second-order valence-electron chi connectivity index (χ2n) is 5.32. The lowest BCUT2D eigenvalue weighted by molar-refractivity contribution is -0.137. The van der Waals surface area contributed by atoms with Gasteiger partial charge in [0, 0.05) is 21.4 Å². The number of aliphatic hydroxyl groups excluding tert-OH is 1. The topological polar surface area (TPSA) is 75.9 Å². The quantitative estimate of drug-likeness (QED) is 0.646. The van der Waals surface area contributed by atoms with Gasteiger partial charge in [0.15, 0.2) is 0 Å². The molecule has 0 fully saturated rings. The number of nitrogens with zero attached hydrogens (tertiary/aromatic N) is 4. The molecule has 26 heavy (non-hydrogen) atoms. The molecule has 10 heteroatoms. The SMILES string of the molecule is OCCn1nnc(-c2cc(Br)ccc2Nc2ccc(C(F)(F)F)cc2)n1. The zero-order valence-electron chi connectivity index (χ0n) is 13.2. The van der Waals surface area contributed by atoms with E-state index in [-0.39, 0.29) is 13.2 Å². The highest BCUT2D eigenvalue weighted by molar-refractivity contribution is 9.10. The van der Waals surface area contributed by atoms with E-state index >= 15 is 0 Å². The summed E-state index contributed by atoms with van der Waals surface area (Å²) in [6.07, 6.45) is -4.38. The molecule has 2 aromatic carbocycles. The number of halogens is 4. The Morgan fingerprint density at radius 3 is 2.50 bits per heavy atom. The monoisotopic (exact) mass is 427 g/mol. The third kappa shape index (κ3) is 4.20. The van der Waals surface area contributed by atoms with Crippen molar-refractivity contribution in [3.05, 3.63) is 52.5 Å². The van der Waals surface area contributed by atoms with Crippen molar-refractivity contribution in [1.82, 2.24) is 20.2 Å². The first-order valence-electron chi connectivity index (χ1n) is 7.49. The molecule has 0 atom stereocenters. The highest BCUT2D eigenvalue weighted by Gasteiger charge is 2.29. The third-order valence-electron chi connectivity index (χ3n) is 3.47. The molecular formula is C16H13BrF3N5O. The van der Waals surface area contributed by atoms with Crippen LogP contribution in [-0.4, -0.2) is 31.9 Å². The minimum atomic E-state index is -4.38. The number of hydrogen-bond donors (Lipinski definition) is 2. The molecule has 0 unspecified atom stereocenters. The van der Waals surface area contributed by atoms with E-state index in [0.717, 1.165) is 16.6 Å². The normalized spacial score (nSPS) is 11.6. The average Bonchev–Trinajstić information content (AvgIpc) is 3.05. The summed E-state index contributed by atoms with van der Waals surface area (Å²) in [6, 6.07) is 10.0. The van der Waals surface area contributed by atoms with Crippen molar-refractivity contribution in [2.24, 2.45) is 0 Å². The lowest BCUT2D eigenvalue weighted by Gasteiger charge is -2.12. The molecule has 0 bridgehead atoms. The van der Waals surface area contributed by atoms with Crippen LogP contribution in [-0.2, 0) is 12.7 Å². The molecular weight excluding hydrogens is 415 g/mol. The minimum Gasteiger partial charge on any atom is -0.394 e. The summed E-state index contributed by atoms with van der Waals surface area (Å²) in [7, 11) is 0. The molecule has 2 N–H and O–H groups in total. The highest BCUT2D eigenvalue weighted by Crippen LogP contribution is 2.33. The summed E-state index contributed by atoms with van der Waals surface area (Å²) in [5.41, 5.74) is 0.997. The Morgan fingerprint density at radius 2 is 1.85 bits per heavy atom. The van der Waals surface area contributed by atoms with Gasteiger partial charge in [-0.25, -0.2) is 0 Å². The second kappa shape index (κ2) is 7.42. The van der Waals surface area contributed by atoms with Crippen LogP contribution in [0.3, 0.4) is 0 Å². The lowest BCUT2D eigenvalue weighted by atomic mass is 10.1. The molecule has 0 aliphatic heterocycles. The number of hydrogen-bond acceptors (Lipinski definition) is 5. The molecule has 0 radical (unpaired) electrons. The molecule has 0 saturated heterocycles. The average molecular weight is 428 g/mol. The van der Waals surface area contributed by atoms with Gasteiger partial charge < -0.3 is 10.4 Å². The number of tetrazole rings is 1. The Kier molecular flexibility index (Phi) is 5.23. The van der Waals surface area contributed by atoms with E-state index in [4.69, 9.17) is 5.11 Å². The van der Waals surface area contributed by atoms with Gasteiger partial charge in [0.1, 0.15) is 0 Å². The van der Waals surface area contributed by atoms with Crippen molar-refractivity contribution >= 4 is 27.3 Å². The molecule has 0 saturated carbocycles. The van der Waals surface area contributed by atoms with Crippen LogP contribution in [0.25, 0.3) is 11.4 Å². The largest absolute Gasteiger partial charge is 0.416 e. The van der Waals surface area contributed by atoms with Crippen molar-refractivity contribution in [3.8, 4) is 11.4 Å². The highest BCUT2D eigenvalue weighted by atomic mass is 79.9. The van der Waals surface area contributed by atoms with E-state index in [2.05, 4.69) is 36.7 Å². The number of alkyl halides is 3. The van der Waals surface area contributed by atoms with E-state index in [0.29, 0.717) is 22.8 Å². The van der Waals surface area contributed by atoms with Crippen molar-refractivity contribution in [3.63, 3.8) is 0 Å². The van der Waals surface area contributed by atoms with E-state index in [1.165, 1.54) is 16.9 Å². The van der Waals surface area contributed by atoms with Gasteiger partial charge in [-0.05, 0) is 47.7 Å². The third-order valence-corrected chi connectivity index (χ3v) is 3.96. The molecule has 0 spiro atoms. The van der Waals surface area contributed by atoms with Gasteiger partial charge in [-0.2, -0.15) is 18.0 Å². The molecule has 6 nitrogen and oxygen atoms in total. The smallest absolute Gasteiger partial charge is 0.394 e. The number of aromatic nitrogens is 4. The van der Waals surface area contributed by atoms with Gasteiger partial charge in [0.2, 0.25) is 5.82 Å². The minimum absolute atomic E-state index is 0.120. The molecule has 3 aromatic rings. The van der Waals surface area contributed by atoms with Gasteiger partial charge in [-0.15, -0.1) is 10.2 Å². The van der Waals surface area contributed by atoms with Crippen LogP contribution in [0.5, 0.6) is 0 Å². The van der Waals surface area contributed by atoms with E-state index in [1.807, 2.05) is 0 Å².